The van der Waals surface area contributed by atoms with Gasteiger partial charge in [-0.2, -0.15) is 0 Å². The zero-order valence-corrected chi connectivity index (χ0v) is 18.1. The van der Waals surface area contributed by atoms with Gasteiger partial charge in [-0.1, -0.05) is 25.1 Å². The summed E-state index contributed by atoms with van der Waals surface area (Å²) in [5.41, 5.74) is 1.14. The number of hydrogen-bond acceptors (Lipinski definition) is 4. The molecule has 0 bridgehead atoms. The Morgan fingerprint density at radius 1 is 1.34 bits per heavy atom. The number of aliphatic imine (C=N–C) groups is 1. The Hall–Kier alpha value is -2.54. The molecule has 0 radical (unpaired) electrons. The van der Waals surface area contributed by atoms with Crippen molar-refractivity contribution in [2.45, 2.75) is 25.9 Å². The van der Waals surface area contributed by atoms with Crippen molar-refractivity contribution in [1.29, 1.82) is 0 Å². The summed E-state index contributed by atoms with van der Waals surface area (Å²) in [4.78, 5) is 13.2. The van der Waals surface area contributed by atoms with Crippen LogP contribution in [0.25, 0.3) is 0 Å². The molecule has 1 aliphatic rings. The number of aromatic nitrogens is 2. The number of benzene rings is 1. The lowest BCUT2D eigenvalue weighted by Gasteiger charge is -2.39. The van der Waals surface area contributed by atoms with E-state index in [1.807, 2.05) is 31.7 Å². The molecule has 0 aliphatic carbocycles. The highest BCUT2D eigenvalue weighted by Gasteiger charge is 2.28. The molecular weight excluding hydrogens is 364 g/mol. The molecular formula is C22H34N6O. The number of nitrogens with zero attached hydrogens (tertiary/aromatic N) is 5. The summed E-state index contributed by atoms with van der Waals surface area (Å²) in [6.45, 7) is 6.51. The Morgan fingerprint density at radius 2 is 2.17 bits per heavy atom. The largest absolute Gasteiger partial charge is 0.492 e. The van der Waals surface area contributed by atoms with Crippen LogP contribution in [0.1, 0.15) is 24.9 Å². The van der Waals surface area contributed by atoms with E-state index in [1.54, 1.807) is 0 Å². The SMILES string of the molecule is CN=C(NCc1ccccc1OCCN(C)C)N1CCC(C)C(n2ccnc2)C1. The first-order chi connectivity index (χ1) is 14.1. The molecule has 2 unspecified atom stereocenters. The topological polar surface area (TPSA) is 57.9 Å². The number of rotatable bonds is 7. The van der Waals surface area contributed by atoms with E-state index in [9.17, 15) is 0 Å². The fraction of sp³-hybridized carbons (Fsp3) is 0.545. The number of likely N-dealkylation sites (tertiary alicyclic amines) is 1. The number of likely N-dealkylation sites (N-methyl/N-ethyl adjacent to an activating group) is 1. The van der Waals surface area contributed by atoms with E-state index >= 15 is 0 Å². The predicted octanol–water partition coefficient (Wildman–Crippen LogP) is 2.48. The van der Waals surface area contributed by atoms with Crippen molar-refractivity contribution in [2.24, 2.45) is 10.9 Å². The number of para-hydroxylation sites is 1. The Balaban J connectivity index is 1.61. The lowest BCUT2D eigenvalue weighted by Crippen LogP contribution is -2.48. The van der Waals surface area contributed by atoms with Crippen LogP contribution in [0.4, 0.5) is 0 Å². The van der Waals surface area contributed by atoms with Gasteiger partial charge in [-0.25, -0.2) is 4.98 Å². The normalized spacial score (nSPS) is 20.2. The third kappa shape index (κ3) is 5.73. The van der Waals surface area contributed by atoms with Gasteiger partial charge in [0.15, 0.2) is 5.96 Å². The molecule has 0 amide bonds. The van der Waals surface area contributed by atoms with Crippen LogP contribution in [0.5, 0.6) is 5.75 Å². The summed E-state index contributed by atoms with van der Waals surface area (Å²) in [6.07, 6.45) is 6.96. The van der Waals surface area contributed by atoms with Crippen molar-refractivity contribution < 1.29 is 4.74 Å². The maximum atomic E-state index is 5.99. The molecule has 1 fully saturated rings. The zero-order chi connectivity index (χ0) is 20.6. The Bertz CT molecular complexity index is 773. The van der Waals surface area contributed by atoms with E-state index in [0.29, 0.717) is 25.1 Å². The summed E-state index contributed by atoms with van der Waals surface area (Å²) in [7, 11) is 5.96. The van der Waals surface area contributed by atoms with Crippen molar-refractivity contribution in [3.8, 4) is 5.75 Å². The number of hydrogen-bond donors (Lipinski definition) is 1. The quantitative estimate of drug-likeness (QED) is 0.574. The zero-order valence-electron chi connectivity index (χ0n) is 18.1. The molecule has 2 atom stereocenters. The summed E-state index contributed by atoms with van der Waals surface area (Å²) in [5, 5.41) is 3.54. The highest BCUT2D eigenvalue weighted by Crippen LogP contribution is 2.27. The van der Waals surface area contributed by atoms with Gasteiger partial charge in [0.2, 0.25) is 0 Å². The van der Waals surface area contributed by atoms with Gasteiger partial charge in [0, 0.05) is 51.2 Å². The van der Waals surface area contributed by atoms with Gasteiger partial charge in [-0.3, -0.25) is 4.99 Å². The number of piperidine rings is 1. The maximum absolute atomic E-state index is 5.99. The average molecular weight is 399 g/mol. The highest BCUT2D eigenvalue weighted by atomic mass is 16.5. The van der Waals surface area contributed by atoms with Crippen LogP contribution >= 0.6 is 0 Å². The van der Waals surface area contributed by atoms with Gasteiger partial charge in [-0.15, -0.1) is 0 Å². The minimum Gasteiger partial charge on any atom is -0.492 e. The number of guanidine groups is 1. The number of imidazole rings is 1. The van der Waals surface area contributed by atoms with E-state index in [4.69, 9.17) is 4.74 Å². The second kappa shape index (κ2) is 10.3. The van der Waals surface area contributed by atoms with Crippen LogP contribution in [-0.4, -0.2) is 72.7 Å². The molecule has 1 aromatic carbocycles. The Morgan fingerprint density at radius 3 is 2.90 bits per heavy atom. The first kappa shape index (κ1) is 21.2. The molecule has 1 aliphatic heterocycles. The lowest BCUT2D eigenvalue weighted by molar-refractivity contribution is 0.189. The molecule has 2 aromatic rings. The van der Waals surface area contributed by atoms with Gasteiger partial charge in [-0.05, 0) is 32.5 Å². The van der Waals surface area contributed by atoms with Gasteiger partial charge >= 0.3 is 0 Å². The molecule has 7 nitrogen and oxygen atoms in total. The van der Waals surface area contributed by atoms with Crippen LogP contribution in [0, 0.1) is 5.92 Å². The molecule has 7 heteroatoms. The molecule has 1 saturated heterocycles. The van der Waals surface area contributed by atoms with Crippen molar-refractivity contribution >= 4 is 5.96 Å². The second-order valence-corrected chi connectivity index (χ2v) is 7.95. The Labute approximate surface area is 174 Å². The second-order valence-electron chi connectivity index (χ2n) is 7.95. The average Bonchev–Trinajstić information content (AvgIpc) is 3.25. The lowest BCUT2D eigenvalue weighted by atomic mass is 9.93. The van der Waals surface area contributed by atoms with E-state index < -0.39 is 0 Å². The van der Waals surface area contributed by atoms with E-state index in [-0.39, 0.29) is 0 Å². The number of ether oxygens (including phenoxy) is 1. The van der Waals surface area contributed by atoms with Crippen LogP contribution in [-0.2, 0) is 6.54 Å². The van der Waals surface area contributed by atoms with Gasteiger partial charge < -0.3 is 24.4 Å². The minimum atomic E-state index is 0.409. The smallest absolute Gasteiger partial charge is 0.193 e. The van der Waals surface area contributed by atoms with Crippen molar-refractivity contribution in [3.63, 3.8) is 0 Å². The fourth-order valence-corrected chi connectivity index (χ4v) is 3.73. The third-order valence-corrected chi connectivity index (χ3v) is 5.54. The van der Waals surface area contributed by atoms with Crippen molar-refractivity contribution in [2.75, 3.05) is 47.4 Å². The van der Waals surface area contributed by atoms with Gasteiger partial charge in [0.25, 0.3) is 0 Å². The van der Waals surface area contributed by atoms with Gasteiger partial charge in [0.05, 0.1) is 12.4 Å². The molecule has 0 spiro atoms. The summed E-state index contributed by atoms with van der Waals surface area (Å²) < 4.78 is 8.21. The molecule has 3 rings (SSSR count). The monoisotopic (exact) mass is 398 g/mol. The van der Waals surface area contributed by atoms with Crippen molar-refractivity contribution in [1.82, 2.24) is 24.7 Å². The first-order valence-corrected chi connectivity index (χ1v) is 10.4. The molecule has 29 heavy (non-hydrogen) atoms. The van der Waals surface area contributed by atoms with Crippen molar-refractivity contribution in [3.05, 3.63) is 48.5 Å². The van der Waals surface area contributed by atoms with Crippen LogP contribution in [0.15, 0.2) is 48.0 Å². The summed E-state index contributed by atoms with van der Waals surface area (Å²) >= 11 is 0. The van der Waals surface area contributed by atoms with Crippen LogP contribution in [0.2, 0.25) is 0 Å². The van der Waals surface area contributed by atoms with E-state index in [0.717, 1.165) is 43.3 Å². The fourth-order valence-electron chi connectivity index (χ4n) is 3.73. The minimum absolute atomic E-state index is 0.409. The Kier molecular flexibility index (Phi) is 7.52. The summed E-state index contributed by atoms with van der Waals surface area (Å²) in [6, 6.07) is 8.62. The molecule has 0 saturated carbocycles. The number of nitrogens with one attached hydrogen (secondary N) is 1. The summed E-state index contributed by atoms with van der Waals surface area (Å²) in [5.74, 6) is 2.48. The van der Waals surface area contributed by atoms with Gasteiger partial charge in [0.1, 0.15) is 12.4 Å². The van der Waals surface area contributed by atoms with E-state index in [2.05, 4.69) is 69.0 Å². The highest BCUT2D eigenvalue weighted by molar-refractivity contribution is 5.80. The molecule has 2 heterocycles. The standard InChI is InChI=1S/C22H34N6O/c1-18-9-11-27(16-20(18)28-12-10-24-17-28)22(23-2)25-15-19-7-5-6-8-21(19)29-14-13-26(3)4/h5-8,10,12,17-18,20H,9,11,13-16H2,1-4H3,(H,23,25). The van der Waals surface area contributed by atoms with Crippen LogP contribution in [0.3, 0.4) is 0 Å². The van der Waals surface area contributed by atoms with Crippen LogP contribution < -0.4 is 10.1 Å². The molecule has 1 N–H and O–H groups in total. The maximum Gasteiger partial charge on any atom is 0.193 e. The predicted molar refractivity (Wildman–Crippen MR) is 117 cm³/mol. The molecule has 1 aromatic heterocycles. The molecule has 158 valence electrons. The van der Waals surface area contributed by atoms with E-state index in [1.165, 1.54) is 0 Å². The first-order valence-electron chi connectivity index (χ1n) is 10.4. The third-order valence-electron chi connectivity index (χ3n) is 5.54.